The molecule has 0 aliphatic rings. The molecule has 2 heterocycles. The first-order valence-corrected chi connectivity index (χ1v) is 5.81. The normalized spacial score (nSPS) is 12.5. The molecule has 0 aliphatic carbocycles. The van der Waals surface area contributed by atoms with E-state index in [1.807, 2.05) is 13.0 Å². The van der Waals surface area contributed by atoms with Crippen LogP contribution in [0.25, 0.3) is 5.78 Å². The average molecular weight is 258 g/mol. The molecule has 0 fully saturated rings. The van der Waals surface area contributed by atoms with E-state index >= 15 is 0 Å². The minimum Gasteiger partial charge on any atom is -0.484 e. The summed E-state index contributed by atoms with van der Waals surface area (Å²) in [6.07, 6.45) is 2.85. The molecule has 0 spiro atoms. The summed E-state index contributed by atoms with van der Waals surface area (Å²) in [5.41, 5.74) is 0.826. The van der Waals surface area contributed by atoms with Gasteiger partial charge in [0.1, 0.15) is 24.0 Å². The van der Waals surface area contributed by atoms with Crippen molar-refractivity contribution in [2.24, 2.45) is 0 Å². The van der Waals surface area contributed by atoms with Crippen molar-refractivity contribution in [3.8, 4) is 5.75 Å². The van der Waals surface area contributed by atoms with Crippen LogP contribution in [0.5, 0.6) is 5.75 Å². The lowest BCUT2D eigenvalue weighted by Crippen LogP contribution is -2.10. The summed E-state index contributed by atoms with van der Waals surface area (Å²) < 4.78 is 20.2. The van der Waals surface area contributed by atoms with E-state index in [2.05, 4.69) is 15.1 Å². The zero-order chi connectivity index (χ0) is 13.2. The zero-order valence-electron chi connectivity index (χ0n) is 10.2. The Balaban J connectivity index is 1.89. The smallest absolute Gasteiger partial charge is 0.252 e. The van der Waals surface area contributed by atoms with Crippen molar-refractivity contribution < 1.29 is 9.13 Å². The van der Waals surface area contributed by atoms with Crippen molar-refractivity contribution in [2.75, 3.05) is 0 Å². The second kappa shape index (κ2) is 4.64. The maximum atomic E-state index is 12.8. The maximum Gasteiger partial charge on any atom is 0.252 e. The summed E-state index contributed by atoms with van der Waals surface area (Å²) in [6, 6.07) is 7.71. The number of hydrogen-bond acceptors (Lipinski definition) is 4. The zero-order valence-corrected chi connectivity index (χ0v) is 10.2. The number of benzene rings is 1. The van der Waals surface area contributed by atoms with Gasteiger partial charge in [-0.3, -0.25) is 0 Å². The SMILES string of the molecule is CC(Oc1ccc(F)cc1)c1ccnc2ncnn12. The Morgan fingerprint density at radius 3 is 2.74 bits per heavy atom. The maximum absolute atomic E-state index is 12.8. The predicted octanol–water partition coefficient (Wildman–Crippen LogP) is 2.40. The molecule has 1 unspecified atom stereocenters. The van der Waals surface area contributed by atoms with E-state index in [1.165, 1.54) is 18.5 Å². The van der Waals surface area contributed by atoms with Gasteiger partial charge in [0.05, 0.1) is 5.69 Å². The molecule has 5 nitrogen and oxygen atoms in total. The quantitative estimate of drug-likeness (QED) is 0.724. The fourth-order valence-corrected chi connectivity index (χ4v) is 1.84. The highest BCUT2D eigenvalue weighted by atomic mass is 19.1. The Morgan fingerprint density at radius 1 is 1.16 bits per heavy atom. The molecule has 1 aromatic carbocycles. The molecule has 6 heteroatoms. The van der Waals surface area contributed by atoms with E-state index in [9.17, 15) is 4.39 Å². The number of rotatable bonds is 3. The Hall–Kier alpha value is -2.50. The molecule has 1 atom stereocenters. The number of hydrogen-bond donors (Lipinski definition) is 0. The van der Waals surface area contributed by atoms with Gasteiger partial charge in [-0.05, 0) is 37.3 Å². The fourth-order valence-electron chi connectivity index (χ4n) is 1.84. The van der Waals surface area contributed by atoms with Crippen molar-refractivity contribution in [3.05, 3.63) is 54.4 Å². The summed E-state index contributed by atoms with van der Waals surface area (Å²) in [7, 11) is 0. The van der Waals surface area contributed by atoms with Crippen LogP contribution in [0.4, 0.5) is 4.39 Å². The molecular formula is C13H11FN4O. The van der Waals surface area contributed by atoms with Crippen LogP contribution in [0.1, 0.15) is 18.7 Å². The van der Waals surface area contributed by atoms with E-state index in [1.54, 1.807) is 22.8 Å². The van der Waals surface area contributed by atoms with Crippen LogP contribution < -0.4 is 4.74 Å². The molecule has 0 saturated heterocycles. The average Bonchev–Trinajstić information content (AvgIpc) is 2.89. The van der Waals surface area contributed by atoms with Gasteiger partial charge in [0.15, 0.2) is 0 Å². The summed E-state index contributed by atoms with van der Waals surface area (Å²) in [4.78, 5) is 8.10. The van der Waals surface area contributed by atoms with Crippen LogP contribution in [0.15, 0.2) is 42.9 Å². The summed E-state index contributed by atoms with van der Waals surface area (Å²) in [6.45, 7) is 1.89. The second-order valence-corrected chi connectivity index (χ2v) is 4.06. The lowest BCUT2D eigenvalue weighted by Gasteiger charge is -2.15. The highest BCUT2D eigenvalue weighted by Crippen LogP contribution is 2.21. The first-order chi connectivity index (χ1) is 9.24. The number of ether oxygens (including phenoxy) is 1. The van der Waals surface area contributed by atoms with Crippen LogP contribution in [-0.2, 0) is 0 Å². The van der Waals surface area contributed by atoms with Crippen LogP contribution in [-0.4, -0.2) is 19.6 Å². The number of halogens is 1. The summed E-state index contributed by atoms with van der Waals surface area (Å²) >= 11 is 0. The summed E-state index contributed by atoms with van der Waals surface area (Å²) in [5.74, 6) is 0.827. The molecule has 0 N–H and O–H groups in total. The predicted molar refractivity (Wildman–Crippen MR) is 66.2 cm³/mol. The molecule has 2 aromatic heterocycles. The van der Waals surface area contributed by atoms with Crippen LogP contribution in [0.3, 0.4) is 0 Å². The third-order valence-electron chi connectivity index (χ3n) is 2.75. The van der Waals surface area contributed by atoms with Crippen LogP contribution >= 0.6 is 0 Å². The van der Waals surface area contributed by atoms with E-state index in [-0.39, 0.29) is 11.9 Å². The number of fused-ring (bicyclic) bond motifs is 1. The molecule has 96 valence electrons. The Bertz CT molecular complexity index is 695. The van der Waals surface area contributed by atoms with Crippen LogP contribution in [0.2, 0.25) is 0 Å². The van der Waals surface area contributed by atoms with E-state index < -0.39 is 0 Å². The highest BCUT2D eigenvalue weighted by Gasteiger charge is 2.12. The third-order valence-corrected chi connectivity index (χ3v) is 2.75. The molecule has 3 aromatic rings. The number of nitrogens with zero attached hydrogens (tertiary/aromatic N) is 4. The number of aromatic nitrogens is 4. The van der Waals surface area contributed by atoms with Gasteiger partial charge in [0, 0.05) is 6.20 Å². The lowest BCUT2D eigenvalue weighted by atomic mass is 10.2. The first kappa shape index (κ1) is 11.6. The fraction of sp³-hybridized carbons (Fsp3) is 0.154. The van der Waals surface area contributed by atoms with Gasteiger partial charge >= 0.3 is 0 Å². The van der Waals surface area contributed by atoms with Crippen molar-refractivity contribution in [1.29, 1.82) is 0 Å². The van der Waals surface area contributed by atoms with Gasteiger partial charge < -0.3 is 4.74 Å². The van der Waals surface area contributed by atoms with Gasteiger partial charge in [-0.2, -0.15) is 14.6 Å². The Kier molecular flexibility index (Phi) is 2.83. The molecule has 0 bridgehead atoms. The van der Waals surface area contributed by atoms with Gasteiger partial charge in [0.2, 0.25) is 0 Å². The minimum absolute atomic E-state index is 0.252. The van der Waals surface area contributed by atoms with Crippen molar-refractivity contribution in [2.45, 2.75) is 13.0 Å². The molecule has 0 saturated carbocycles. The second-order valence-electron chi connectivity index (χ2n) is 4.06. The molecule has 19 heavy (non-hydrogen) atoms. The topological polar surface area (TPSA) is 52.3 Å². The van der Waals surface area contributed by atoms with Crippen molar-refractivity contribution >= 4 is 5.78 Å². The lowest BCUT2D eigenvalue weighted by molar-refractivity contribution is 0.218. The Morgan fingerprint density at radius 2 is 1.95 bits per heavy atom. The minimum atomic E-state index is -0.289. The van der Waals surface area contributed by atoms with E-state index in [4.69, 9.17) is 4.74 Å². The summed E-state index contributed by atoms with van der Waals surface area (Å²) in [5, 5.41) is 4.10. The largest absolute Gasteiger partial charge is 0.484 e. The molecular weight excluding hydrogens is 247 g/mol. The van der Waals surface area contributed by atoms with Gasteiger partial charge in [-0.15, -0.1) is 0 Å². The third kappa shape index (κ3) is 2.24. The standard InChI is InChI=1S/C13H11FN4O/c1-9(19-11-4-2-10(14)3-5-11)12-6-7-15-13-16-8-17-18(12)13/h2-9H,1H3. The molecule has 0 aliphatic heterocycles. The monoisotopic (exact) mass is 258 g/mol. The van der Waals surface area contributed by atoms with Gasteiger partial charge in [0.25, 0.3) is 5.78 Å². The first-order valence-electron chi connectivity index (χ1n) is 5.81. The highest BCUT2D eigenvalue weighted by molar-refractivity contribution is 5.28. The van der Waals surface area contributed by atoms with Crippen molar-refractivity contribution in [1.82, 2.24) is 19.6 Å². The Labute approximate surface area is 108 Å². The van der Waals surface area contributed by atoms with E-state index in [0.29, 0.717) is 11.5 Å². The molecule has 0 radical (unpaired) electrons. The van der Waals surface area contributed by atoms with Gasteiger partial charge in [-0.1, -0.05) is 0 Å². The van der Waals surface area contributed by atoms with Crippen LogP contribution in [0, 0.1) is 5.82 Å². The van der Waals surface area contributed by atoms with Crippen molar-refractivity contribution in [3.63, 3.8) is 0 Å². The van der Waals surface area contributed by atoms with E-state index in [0.717, 1.165) is 5.69 Å². The van der Waals surface area contributed by atoms with Gasteiger partial charge in [-0.25, -0.2) is 9.37 Å². The molecule has 0 amide bonds. The molecule has 3 rings (SSSR count).